The summed E-state index contributed by atoms with van der Waals surface area (Å²) in [5, 5.41) is 0. The van der Waals surface area contributed by atoms with Gasteiger partial charge in [0.15, 0.2) is 0 Å². The van der Waals surface area contributed by atoms with E-state index in [0.29, 0.717) is 6.54 Å². The van der Waals surface area contributed by atoms with Gasteiger partial charge in [0.2, 0.25) is 0 Å². The van der Waals surface area contributed by atoms with E-state index in [0.717, 1.165) is 24.1 Å². The van der Waals surface area contributed by atoms with Crippen LogP contribution in [-0.2, 0) is 10.1 Å². The molecule has 0 aromatic heterocycles. The molecule has 0 radical (unpaired) electrons. The molecule has 0 unspecified atom stereocenters. The lowest BCUT2D eigenvalue weighted by Crippen LogP contribution is -2.52. The molecule has 0 aliphatic carbocycles. The summed E-state index contributed by atoms with van der Waals surface area (Å²) in [6.07, 6.45) is 35.6. The predicted molar refractivity (Wildman–Crippen MR) is 178 cm³/mol. The van der Waals surface area contributed by atoms with Crippen LogP contribution in [0.4, 0.5) is 0 Å². The van der Waals surface area contributed by atoms with E-state index in [4.69, 9.17) is 0 Å². The van der Waals surface area contributed by atoms with Gasteiger partial charge in [0.1, 0.15) is 5.75 Å². The first-order chi connectivity index (χ1) is 19.4. The minimum absolute atomic E-state index is 0.0840. The van der Waals surface area contributed by atoms with Gasteiger partial charge in [-0.05, 0) is 38.5 Å². The Kier molecular flexibility index (Phi) is 28.9. The highest BCUT2D eigenvalue weighted by Gasteiger charge is 2.28. The van der Waals surface area contributed by atoms with Crippen molar-refractivity contribution in [3.05, 3.63) is 0 Å². The highest BCUT2D eigenvalue weighted by molar-refractivity contribution is 7.85. The average molecular weight is 589 g/mol. The summed E-state index contributed by atoms with van der Waals surface area (Å²) in [6, 6.07) is 0. The van der Waals surface area contributed by atoms with Crippen LogP contribution in [0, 0.1) is 0 Å². The first-order valence-corrected chi connectivity index (χ1v) is 19.8. The van der Waals surface area contributed by atoms with Gasteiger partial charge in [-0.2, -0.15) is 8.42 Å². The Bertz CT molecular complexity index is 553. The topological polar surface area (TPSA) is 54.4 Å². The Labute approximate surface area is 253 Å². The predicted octanol–water partition coefficient (Wildman–Crippen LogP) is 11.3. The Hall–Kier alpha value is -0.130. The number of unbranched alkanes of at least 4 members (excludes halogenated alkanes) is 24. The Balaban J connectivity index is 4.77. The number of rotatable bonds is 33. The summed E-state index contributed by atoms with van der Waals surface area (Å²) in [6.45, 7) is 10.7. The van der Waals surface area contributed by atoms with Crippen LogP contribution in [-0.4, -0.2) is 49.4 Å². The molecule has 0 rings (SSSR count). The number of quaternary nitrogens is 1. The lowest BCUT2D eigenvalue weighted by Gasteiger charge is -2.39. The lowest BCUT2D eigenvalue weighted by molar-refractivity contribution is -0.926. The number of hydrogen-bond acceptors (Lipinski definition) is 2. The summed E-state index contributed by atoms with van der Waals surface area (Å²) >= 11 is 0. The van der Waals surface area contributed by atoms with E-state index in [1.54, 1.807) is 0 Å². The third kappa shape index (κ3) is 28.0. The van der Waals surface area contributed by atoms with Crippen LogP contribution in [0.1, 0.15) is 194 Å². The zero-order valence-corrected chi connectivity index (χ0v) is 28.6. The highest BCUT2D eigenvalue weighted by Crippen LogP contribution is 2.20. The number of hydrogen-bond donors (Lipinski definition) is 1. The SMILES string of the molecule is CCCCCCCCCCC[N+](CCCCCCCCCCC)(CCCCCCCCCCC)CCS(=O)(=O)O. The molecular weight excluding hydrogens is 514 g/mol. The highest BCUT2D eigenvalue weighted by atomic mass is 32.2. The molecular formula is C35H74NO3S+. The Morgan fingerprint density at radius 3 is 0.825 bits per heavy atom. The zero-order chi connectivity index (χ0) is 29.6. The molecule has 0 bridgehead atoms. The van der Waals surface area contributed by atoms with E-state index >= 15 is 0 Å². The maximum absolute atomic E-state index is 11.8. The fraction of sp³-hybridized carbons (Fsp3) is 1.00. The fourth-order valence-electron chi connectivity index (χ4n) is 6.25. The minimum Gasteiger partial charge on any atom is -0.323 e. The largest absolute Gasteiger partial charge is 0.323 e. The van der Waals surface area contributed by atoms with Crippen LogP contribution in [0.5, 0.6) is 0 Å². The summed E-state index contributed by atoms with van der Waals surface area (Å²) in [5.41, 5.74) is 0. The molecule has 0 saturated carbocycles. The van der Waals surface area contributed by atoms with Crippen molar-refractivity contribution in [2.24, 2.45) is 0 Å². The van der Waals surface area contributed by atoms with Crippen LogP contribution < -0.4 is 0 Å². The first-order valence-electron chi connectivity index (χ1n) is 18.2. The van der Waals surface area contributed by atoms with Gasteiger partial charge in [-0.1, -0.05) is 156 Å². The van der Waals surface area contributed by atoms with E-state index < -0.39 is 10.1 Å². The van der Waals surface area contributed by atoms with Gasteiger partial charge in [0.05, 0.1) is 26.2 Å². The van der Waals surface area contributed by atoms with Crippen molar-refractivity contribution in [2.45, 2.75) is 194 Å². The van der Waals surface area contributed by atoms with Crippen molar-refractivity contribution in [2.75, 3.05) is 31.9 Å². The van der Waals surface area contributed by atoms with Gasteiger partial charge >= 0.3 is 0 Å². The van der Waals surface area contributed by atoms with E-state index in [1.807, 2.05) is 0 Å². The number of nitrogens with zero attached hydrogens (tertiary/aromatic N) is 1. The van der Waals surface area contributed by atoms with Crippen molar-refractivity contribution in [1.82, 2.24) is 0 Å². The normalized spacial score (nSPS) is 12.4. The summed E-state index contributed by atoms with van der Waals surface area (Å²) < 4.78 is 34.1. The van der Waals surface area contributed by atoms with Crippen molar-refractivity contribution in [3.8, 4) is 0 Å². The molecule has 0 heterocycles. The second-order valence-electron chi connectivity index (χ2n) is 13.0. The van der Waals surface area contributed by atoms with Crippen molar-refractivity contribution in [1.29, 1.82) is 0 Å². The quantitative estimate of drug-likeness (QED) is 0.0471. The molecule has 0 aromatic carbocycles. The van der Waals surface area contributed by atoms with E-state index in [-0.39, 0.29) is 5.75 Å². The zero-order valence-electron chi connectivity index (χ0n) is 27.7. The van der Waals surface area contributed by atoms with Gasteiger partial charge in [-0.25, -0.2) is 0 Å². The van der Waals surface area contributed by atoms with Gasteiger partial charge < -0.3 is 4.48 Å². The smallest absolute Gasteiger partial charge is 0.270 e. The van der Waals surface area contributed by atoms with Crippen molar-refractivity contribution >= 4 is 10.1 Å². The second-order valence-corrected chi connectivity index (χ2v) is 14.6. The molecule has 0 aliphatic rings. The van der Waals surface area contributed by atoms with Gasteiger partial charge in [-0.15, -0.1) is 0 Å². The molecule has 0 saturated heterocycles. The molecule has 40 heavy (non-hydrogen) atoms. The average Bonchev–Trinajstić information content (AvgIpc) is 2.93. The molecule has 0 aromatic rings. The van der Waals surface area contributed by atoms with Crippen molar-refractivity contribution in [3.63, 3.8) is 0 Å². The third-order valence-corrected chi connectivity index (χ3v) is 9.73. The van der Waals surface area contributed by atoms with Crippen LogP contribution >= 0.6 is 0 Å². The second kappa shape index (κ2) is 29.0. The monoisotopic (exact) mass is 589 g/mol. The molecule has 0 spiro atoms. The minimum atomic E-state index is -3.92. The molecule has 5 heteroatoms. The summed E-state index contributed by atoms with van der Waals surface area (Å²) in [7, 11) is -3.92. The molecule has 1 N–H and O–H groups in total. The van der Waals surface area contributed by atoms with Gasteiger partial charge in [-0.3, -0.25) is 4.55 Å². The summed E-state index contributed by atoms with van der Waals surface area (Å²) in [4.78, 5) is 0. The van der Waals surface area contributed by atoms with Crippen LogP contribution in [0.3, 0.4) is 0 Å². The Morgan fingerprint density at radius 1 is 0.375 bits per heavy atom. The van der Waals surface area contributed by atoms with E-state index in [2.05, 4.69) is 20.8 Å². The maximum atomic E-state index is 11.8. The molecule has 0 atom stereocenters. The molecule has 242 valence electrons. The lowest BCUT2D eigenvalue weighted by atomic mass is 10.0. The third-order valence-electron chi connectivity index (χ3n) is 9.03. The van der Waals surface area contributed by atoms with Crippen LogP contribution in [0.15, 0.2) is 0 Å². The summed E-state index contributed by atoms with van der Waals surface area (Å²) in [5.74, 6) is -0.0840. The molecule has 0 fully saturated rings. The molecule has 4 nitrogen and oxygen atoms in total. The Morgan fingerprint density at radius 2 is 0.600 bits per heavy atom. The van der Waals surface area contributed by atoms with E-state index in [9.17, 15) is 13.0 Å². The maximum Gasteiger partial charge on any atom is 0.270 e. The molecule has 0 amide bonds. The van der Waals surface area contributed by atoms with Crippen molar-refractivity contribution < 1.29 is 17.5 Å². The van der Waals surface area contributed by atoms with Crippen LogP contribution in [0.2, 0.25) is 0 Å². The van der Waals surface area contributed by atoms with Crippen LogP contribution in [0.25, 0.3) is 0 Å². The molecule has 0 aliphatic heterocycles. The first kappa shape index (κ1) is 39.9. The standard InChI is InChI=1S/C35H73NO3S/c1-4-7-10-13-16-19-22-25-28-31-36(34-35-40(37,38)39,32-29-26-23-20-17-14-11-8-5-2)33-30-27-24-21-18-15-12-9-6-3/h4-35H2,1-3H3/p+1. The fourth-order valence-corrected chi connectivity index (χ4v) is 6.87. The van der Waals surface area contributed by atoms with Gasteiger partial charge in [0, 0.05) is 0 Å². The van der Waals surface area contributed by atoms with E-state index in [1.165, 1.54) is 173 Å². The van der Waals surface area contributed by atoms with Gasteiger partial charge in [0.25, 0.3) is 10.1 Å².